The van der Waals surface area contributed by atoms with Crippen molar-refractivity contribution in [1.82, 2.24) is 14.3 Å². The van der Waals surface area contributed by atoms with E-state index in [4.69, 9.17) is 10.7 Å². The zero-order chi connectivity index (χ0) is 22.1. The zero-order valence-electron chi connectivity index (χ0n) is 17.6. The molecule has 0 atom stereocenters. The summed E-state index contributed by atoms with van der Waals surface area (Å²) in [6.45, 7) is 4.50. The number of fused-ring (bicyclic) bond motifs is 1. The van der Waals surface area contributed by atoms with E-state index in [1.54, 1.807) is 12.1 Å². The summed E-state index contributed by atoms with van der Waals surface area (Å²) in [4.78, 5) is 20.3. The van der Waals surface area contributed by atoms with Crippen molar-refractivity contribution in [2.45, 2.75) is 6.54 Å². The predicted molar refractivity (Wildman–Crippen MR) is 126 cm³/mol. The van der Waals surface area contributed by atoms with E-state index in [9.17, 15) is 10.1 Å². The zero-order valence-corrected chi connectivity index (χ0v) is 17.6. The van der Waals surface area contributed by atoms with E-state index < -0.39 is 0 Å². The van der Waals surface area contributed by atoms with Gasteiger partial charge >= 0.3 is 0 Å². The second kappa shape index (κ2) is 8.32. The molecule has 0 amide bonds. The molecule has 1 fully saturated rings. The first-order valence-electron chi connectivity index (χ1n) is 10.6. The molecule has 0 spiro atoms. The lowest BCUT2D eigenvalue weighted by atomic mass is 10.1. The molecule has 0 bridgehead atoms. The van der Waals surface area contributed by atoms with Gasteiger partial charge in [0.2, 0.25) is 0 Å². The van der Waals surface area contributed by atoms with Crippen molar-refractivity contribution in [2.75, 3.05) is 36.8 Å². The summed E-state index contributed by atoms with van der Waals surface area (Å²) in [6, 6.07) is 20.8. The Kier molecular flexibility index (Phi) is 5.20. The van der Waals surface area contributed by atoms with Crippen LogP contribution < -0.4 is 10.6 Å². The minimum absolute atomic E-state index is 0.0698. The van der Waals surface area contributed by atoms with E-state index in [-0.39, 0.29) is 10.6 Å². The Hall–Kier alpha value is -3.91. The normalized spacial score (nSPS) is 14.7. The lowest BCUT2D eigenvalue weighted by Gasteiger charge is -2.36. The third kappa shape index (κ3) is 3.88. The number of nitrogens with zero attached hydrogens (tertiary/aromatic N) is 5. The summed E-state index contributed by atoms with van der Waals surface area (Å²) in [6.07, 6.45) is 1.90. The molecule has 2 N–H and O–H groups in total. The summed E-state index contributed by atoms with van der Waals surface area (Å²) in [5.74, 6) is 0. The van der Waals surface area contributed by atoms with Crippen LogP contribution in [0.3, 0.4) is 0 Å². The van der Waals surface area contributed by atoms with Crippen LogP contribution in [0.15, 0.2) is 72.9 Å². The Morgan fingerprint density at radius 1 is 0.938 bits per heavy atom. The van der Waals surface area contributed by atoms with Crippen molar-refractivity contribution in [3.05, 3.63) is 88.7 Å². The minimum atomic E-state index is -0.388. The summed E-state index contributed by atoms with van der Waals surface area (Å²) < 4.78 is 2.04. The van der Waals surface area contributed by atoms with Crippen molar-refractivity contribution < 1.29 is 4.92 Å². The fraction of sp³-hybridized carbons (Fsp3) is 0.208. The number of benzene rings is 2. The van der Waals surface area contributed by atoms with E-state index in [2.05, 4.69) is 34.1 Å². The molecule has 5 rings (SSSR count). The van der Waals surface area contributed by atoms with E-state index >= 15 is 0 Å². The molecule has 4 aromatic rings. The number of para-hydroxylation sites is 1. The molecule has 8 nitrogen and oxygen atoms in total. The van der Waals surface area contributed by atoms with Gasteiger partial charge in [0, 0.05) is 68.0 Å². The SMILES string of the molecule is Nc1ccc2nc(-c3ccc([N+](=O)[O-])cc3)c(CN3CCN(c4ccccc4)CC3)n2c1. The highest BCUT2D eigenvalue weighted by Crippen LogP contribution is 2.28. The standard InChI is InChI=1S/C24H24N6O2/c25-19-8-11-23-26-24(18-6-9-21(10-7-18)30(31)32)22(29(23)16-19)17-27-12-14-28(15-13-27)20-4-2-1-3-5-20/h1-11,16H,12-15,17,25H2. The number of nitro benzene ring substituents is 1. The first kappa shape index (κ1) is 20.0. The van der Waals surface area contributed by atoms with Gasteiger partial charge < -0.3 is 15.0 Å². The number of nitrogen functional groups attached to an aromatic ring is 1. The molecule has 8 heteroatoms. The van der Waals surface area contributed by atoms with E-state index in [0.29, 0.717) is 5.69 Å². The lowest BCUT2D eigenvalue weighted by molar-refractivity contribution is -0.384. The van der Waals surface area contributed by atoms with Crippen LogP contribution in [0, 0.1) is 10.1 Å². The third-order valence-corrected chi connectivity index (χ3v) is 5.96. The first-order valence-corrected chi connectivity index (χ1v) is 10.6. The van der Waals surface area contributed by atoms with Gasteiger partial charge in [0.15, 0.2) is 0 Å². The first-order chi connectivity index (χ1) is 15.6. The van der Waals surface area contributed by atoms with Crippen molar-refractivity contribution in [3.63, 3.8) is 0 Å². The van der Waals surface area contributed by atoms with Gasteiger partial charge in [0.25, 0.3) is 5.69 Å². The van der Waals surface area contributed by atoms with Gasteiger partial charge in [-0.3, -0.25) is 15.0 Å². The van der Waals surface area contributed by atoms with Gasteiger partial charge in [-0.15, -0.1) is 0 Å². The molecule has 0 radical (unpaired) electrons. The Morgan fingerprint density at radius 2 is 1.66 bits per heavy atom. The van der Waals surface area contributed by atoms with Crippen molar-refractivity contribution in [2.24, 2.45) is 0 Å². The molecule has 2 aromatic heterocycles. The Labute approximate surface area is 185 Å². The van der Waals surface area contributed by atoms with Crippen LogP contribution in [0.4, 0.5) is 17.1 Å². The fourth-order valence-electron chi connectivity index (χ4n) is 4.25. The number of hydrogen-bond acceptors (Lipinski definition) is 6. The number of rotatable bonds is 5. The fourth-order valence-corrected chi connectivity index (χ4v) is 4.25. The average Bonchev–Trinajstić information content (AvgIpc) is 3.17. The highest BCUT2D eigenvalue weighted by molar-refractivity contribution is 5.68. The number of imidazole rings is 1. The summed E-state index contributed by atoms with van der Waals surface area (Å²) in [5, 5.41) is 11.0. The quantitative estimate of drug-likeness (QED) is 0.384. The number of nitrogens with two attached hydrogens (primary N) is 1. The Morgan fingerprint density at radius 3 is 2.34 bits per heavy atom. The summed E-state index contributed by atoms with van der Waals surface area (Å²) in [7, 11) is 0. The van der Waals surface area contributed by atoms with Gasteiger partial charge in [-0.1, -0.05) is 18.2 Å². The number of piperazine rings is 1. The molecule has 0 aliphatic carbocycles. The van der Waals surface area contributed by atoms with Gasteiger partial charge in [-0.05, 0) is 36.4 Å². The number of nitro groups is 1. The van der Waals surface area contributed by atoms with Gasteiger partial charge in [0.1, 0.15) is 5.65 Å². The molecule has 0 unspecified atom stereocenters. The largest absolute Gasteiger partial charge is 0.398 e. The van der Waals surface area contributed by atoms with Crippen molar-refractivity contribution in [1.29, 1.82) is 0 Å². The maximum atomic E-state index is 11.0. The van der Waals surface area contributed by atoms with Crippen LogP contribution in [0.25, 0.3) is 16.9 Å². The van der Waals surface area contributed by atoms with E-state index in [0.717, 1.165) is 55.3 Å². The van der Waals surface area contributed by atoms with Gasteiger partial charge in [0.05, 0.1) is 16.3 Å². The maximum Gasteiger partial charge on any atom is 0.269 e. The Balaban J connectivity index is 1.43. The second-order valence-electron chi connectivity index (χ2n) is 8.00. The predicted octanol–water partition coefficient (Wildman–Crippen LogP) is 3.81. The molecule has 2 aromatic carbocycles. The third-order valence-electron chi connectivity index (χ3n) is 5.96. The maximum absolute atomic E-state index is 11.0. The second-order valence-corrected chi connectivity index (χ2v) is 8.00. The summed E-state index contributed by atoms with van der Waals surface area (Å²) in [5.41, 5.74) is 11.6. The average molecular weight is 428 g/mol. The van der Waals surface area contributed by atoms with Gasteiger partial charge in [-0.25, -0.2) is 4.98 Å². The Bertz CT molecular complexity index is 1240. The lowest BCUT2D eigenvalue weighted by Crippen LogP contribution is -2.46. The minimum Gasteiger partial charge on any atom is -0.398 e. The van der Waals surface area contributed by atoms with Crippen LogP contribution in [0.5, 0.6) is 0 Å². The highest BCUT2D eigenvalue weighted by Gasteiger charge is 2.22. The van der Waals surface area contributed by atoms with E-state index in [1.165, 1.54) is 17.8 Å². The van der Waals surface area contributed by atoms with Crippen LogP contribution in [0.2, 0.25) is 0 Å². The molecule has 162 valence electrons. The van der Waals surface area contributed by atoms with Crippen LogP contribution in [0.1, 0.15) is 5.69 Å². The van der Waals surface area contributed by atoms with E-state index in [1.807, 2.05) is 28.8 Å². The van der Waals surface area contributed by atoms with Crippen LogP contribution in [-0.4, -0.2) is 45.4 Å². The topological polar surface area (TPSA) is 92.9 Å². The van der Waals surface area contributed by atoms with Gasteiger partial charge in [-0.2, -0.15) is 0 Å². The number of aromatic nitrogens is 2. The molecule has 32 heavy (non-hydrogen) atoms. The monoisotopic (exact) mass is 428 g/mol. The van der Waals surface area contributed by atoms with Crippen molar-refractivity contribution in [3.8, 4) is 11.3 Å². The molecule has 0 saturated carbocycles. The molecular weight excluding hydrogens is 404 g/mol. The molecular formula is C24H24N6O2. The van der Waals surface area contributed by atoms with Crippen LogP contribution >= 0.6 is 0 Å². The molecule has 1 aliphatic heterocycles. The molecule has 3 heterocycles. The molecule has 1 aliphatic rings. The smallest absolute Gasteiger partial charge is 0.269 e. The number of hydrogen-bond donors (Lipinski definition) is 1. The summed E-state index contributed by atoms with van der Waals surface area (Å²) >= 11 is 0. The van der Waals surface area contributed by atoms with Crippen molar-refractivity contribution >= 4 is 22.7 Å². The number of anilines is 2. The number of pyridine rings is 1. The number of non-ortho nitro benzene ring substituents is 1. The van der Waals surface area contributed by atoms with Crippen LogP contribution in [-0.2, 0) is 6.54 Å². The highest BCUT2D eigenvalue weighted by atomic mass is 16.6. The molecule has 1 saturated heterocycles.